The Morgan fingerprint density at radius 2 is 2.06 bits per heavy atom. The number of aliphatic hydroxyl groups is 1. The summed E-state index contributed by atoms with van der Waals surface area (Å²) in [6.07, 6.45) is 2.63. The van der Waals surface area contributed by atoms with Crippen LogP contribution in [0.25, 0.3) is 0 Å². The lowest BCUT2D eigenvalue weighted by atomic mass is 10.1. The molecule has 1 aromatic carbocycles. The smallest absolute Gasteiger partial charge is 0.253 e. The van der Waals surface area contributed by atoms with Crippen LogP contribution in [0.1, 0.15) is 35.2 Å². The Balaban J connectivity index is 2.54. The second-order valence-corrected chi connectivity index (χ2v) is 4.88. The van der Waals surface area contributed by atoms with Gasteiger partial charge in [0.25, 0.3) is 5.91 Å². The van der Waals surface area contributed by atoms with Crippen molar-refractivity contribution in [2.24, 2.45) is 0 Å². The summed E-state index contributed by atoms with van der Waals surface area (Å²) in [7, 11) is 1.79. The molecule has 18 heavy (non-hydrogen) atoms. The number of hydrogen-bond acceptors (Lipinski definition) is 2. The zero-order valence-electron chi connectivity index (χ0n) is 10.9. The van der Waals surface area contributed by atoms with Crippen LogP contribution in [0.15, 0.2) is 18.2 Å². The number of benzene rings is 1. The Labute approximate surface area is 113 Å². The molecular formula is C14H20ClNO2. The number of aryl methyl sites for hydroxylation is 1. The van der Waals surface area contributed by atoms with Gasteiger partial charge in [-0.3, -0.25) is 4.79 Å². The first-order valence-electron chi connectivity index (χ1n) is 6.18. The largest absolute Gasteiger partial charge is 0.396 e. The van der Waals surface area contributed by atoms with Crippen LogP contribution in [-0.4, -0.2) is 36.1 Å². The van der Waals surface area contributed by atoms with Gasteiger partial charge in [-0.25, -0.2) is 0 Å². The van der Waals surface area contributed by atoms with E-state index in [9.17, 15) is 4.79 Å². The van der Waals surface area contributed by atoms with Crippen molar-refractivity contribution in [3.05, 3.63) is 34.3 Å². The quantitative estimate of drug-likeness (QED) is 0.807. The Bertz CT molecular complexity index is 407. The lowest BCUT2D eigenvalue weighted by molar-refractivity contribution is 0.0792. The van der Waals surface area contributed by atoms with Crippen LogP contribution >= 0.6 is 11.6 Å². The second kappa shape index (κ2) is 7.39. The first-order chi connectivity index (χ1) is 8.56. The number of carbonyl (C=O) groups excluding carboxylic acids is 1. The minimum atomic E-state index is -0.0131. The van der Waals surface area contributed by atoms with Gasteiger partial charge in [-0.2, -0.15) is 0 Å². The van der Waals surface area contributed by atoms with Crippen LogP contribution in [0.4, 0.5) is 0 Å². The van der Waals surface area contributed by atoms with E-state index in [-0.39, 0.29) is 12.5 Å². The molecule has 0 atom stereocenters. The summed E-state index contributed by atoms with van der Waals surface area (Å²) in [5.41, 5.74) is 1.59. The second-order valence-electron chi connectivity index (χ2n) is 4.47. The zero-order chi connectivity index (χ0) is 13.5. The number of nitrogens with zero attached hydrogens (tertiary/aromatic N) is 1. The van der Waals surface area contributed by atoms with E-state index >= 15 is 0 Å². The Kier molecular flexibility index (Phi) is 6.16. The van der Waals surface area contributed by atoms with E-state index in [4.69, 9.17) is 16.7 Å². The lowest BCUT2D eigenvalue weighted by Crippen LogP contribution is -2.27. The number of unbranched alkanes of at least 4 members (excludes halogenated alkanes) is 2. The maximum absolute atomic E-state index is 12.1. The number of amides is 1. The first kappa shape index (κ1) is 15.0. The third-order valence-electron chi connectivity index (χ3n) is 2.92. The summed E-state index contributed by atoms with van der Waals surface area (Å²) in [5, 5.41) is 9.30. The molecule has 3 nitrogen and oxygen atoms in total. The molecule has 1 N–H and O–H groups in total. The Hall–Kier alpha value is -1.06. The molecule has 0 spiro atoms. The first-order valence-corrected chi connectivity index (χ1v) is 6.56. The van der Waals surface area contributed by atoms with Crippen molar-refractivity contribution < 1.29 is 9.90 Å². The monoisotopic (exact) mass is 269 g/mol. The van der Waals surface area contributed by atoms with Crippen molar-refractivity contribution in [3.63, 3.8) is 0 Å². The van der Waals surface area contributed by atoms with Crippen molar-refractivity contribution >= 4 is 17.5 Å². The van der Waals surface area contributed by atoms with E-state index < -0.39 is 0 Å². The molecule has 0 fully saturated rings. The standard InChI is InChI=1S/C14H20ClNO2/c1-11-6-7-12(10-13(11)15)14(18)16(2)8-4-3-5-9-17/h6-7,10,17H,3-5,8-9H2,1-2H3. The molecule has 0 aliphatic carbocycles. The molecule has 0 aliphatic heterocycles. The van der Waals surface area contributed by atoms with E-state index in [0.29, 0.717) is 17.1 Å². The van der Waals surface area contributed by atoms with Gasteiger partial charge in [-0.15, -0.1) is 0 Å². The van der Waals surface area contributed by atoms with Crippen molar-refractivity contribution in [1.29, 1.82) is 0 Å². The molecule has 0 aromatic heterocycles. The van der Waals surface area contributed by atoms with Crippen LogP contribution in [-0.2, 0) is 0 Å². The van der Waals surface area contributed by atoms with Crippen molar-refractivity contribution in [2.75, 3.05) is 20.2 Å². The molecular weight excluding hydrogens is 250 g/mol. The fraction of sp³-hybridized carbons (Fsp3) is 0.500. The highest BCUT2D eigenvalue weighted by Crippen LogP contribution is 2.17. The van der Waals surface area contributed by atoms with Crippen molar-refractivity contribution in [2.45, 2.75) is 26.2 Å². The highest BCUT2D eigenvalue weighted by molar-refractivity contribution is 6.31. The number of aliphatic hydroxyl groups excluding tert-OH is 1. The average Bonchev–Trinajstić information content (AvgIpc) is 2.37. The molecule has 0 saturated carbocycles. The van der Waals surface area contributed by atoms with Crippen LogP contribution in [0.2, 0.25) is 5.02 Å². The number of rotatable bonds is 6. The molecule has 0 heterocycles. The normalized spacial score (nSPS) is 10.4. The van der Waals surface area contributed by atoms with Crippen LogP contribution in [0.3, 0.4) is 0 Å². The topological polar surface area (TPSA) is 40.5 Å². The molecule has 0 aliphatic rings. The van der Waals surface area contributed by atoms with Crippen LogP contribution < -0.4 is 0 Å². The van der Waals surface area contributed by atoms with Gasteiger partial charge in [-0.05, 0) is 43.9 Å². The van der Waals surface area contributed by atoms with Crippen LogP contribution in [0, 0.1) is 6.92 Å². The number of hydrogen-bond donors (Lipinski definition) is 1. The van der Waals surface area contributed by atoms with Crippen molar-refractivity contribution in [1.82, 2.24) is 4.90 Å². The van der Waals surface area contributed by atoms with Gasteiger partial charge >= 0.3 is 0 Å². The van der Waals surface area contributed by atoms with Gasteiger partial charge in [0.2, 0.25) is 0 Å². The predicted octanol–water partition coefficient (Wildman–Crippen LogP) is 2.88. The summed E-state index contributed by atoms with van der Waals surface area (Å²) in [6.45, 7) is 2.82. The molecule has 0 radical (unpaired) electrons. The zero-order valence-corrected chi connectivity index (χ0v) is 11.7. The predicted molar refractivity (Wildman–Crippen MR) is 74.1 cm³/mol. The lowest BCUT2D eigenvalue weighted by Gasteiger charge is -2.17. The van der Waals surface area contributed by atoms with Gasteiger partial charge in [0.05, 0.1) is 0 Å². The van der Waals surface area contributed by atoms with E-state index in [1.165, 1.54) is 0 Å². The fourth-order valence-electron chi connectivity index (χ4n) is 1.69. The molecule has 4 heteroatoms. The summed E-state index contributed by atoms with van der Waals surface area (Å²) in [5.74, 6) is -0.0131. The summed E-state index contributed by atoms with van der Waals surface area (Å²) in [6, 6.07) is 5.37. The summed E-state index contributed by atoms with van der Waals surface area (Å²) >= 11 is 6.01. The van der Waals surface area contributed by atoms with E-state index in [2.05, 4.69) is 0 Å². The molecule has 100 valence electrons. The van der Waals surface area contributed by atoms with Crippen molar-refractivity contribution in [3.8, 4) is 0 Å². The van der Waals surface area contributed by atoms with Gasteiger partial charge in [0, 0.05) is 30.8 Å². The SMILES string of the molecule is Cc1ccc(C(=O)N(C)CCCCCO)cc1Cl. The third kappa shape index (κ3) is 4.31. The fourth-order valence-corrected chi connectivity index (χ4v) is 1.87. The van der Waals surface area contributed by atoms with Gasteiger partial charge < -0.3 is 10.0 Å². The minimum Gasteiger partial charge on any atom is -0.396 e. The Morgan fingerprint density at radius 3 is 2.67 bits per heavy atom. The Morgan fingerprint density at radius 1 is 1.33 bits per heavy atom. The average molecular weight is 270 g/mol. The van der Waals surface area contributed by atoms with Crippen LogP contribution in [0.5, 0.6) is 0 Å². The highest BCUT2D eigenvalue weighted by Gasteiger charge is 2.12. The maximum Gasteiger partial charge on any atom is 0.253 e. The summed E-state index contributed by atoms with van der Waals surface area (Å²) in [4.78, 5) is 13.8. The van der Waals surface area contributed by atoms with E-state index in [1.807, 2.05) is 13.0 Å². The molecule has 0 bridgehead atoms. The molecule has 1 amide bonds. The third-order valence-corrected chi connectivity index (χ3v) is 3.32. The molecule has 1 aromatic rings. The summed E-state index contributed by atoms with van der Waals surface area (Å²) < 4.78 is 0. The highest BCUT2D eigenvalue weighted by atomic mass is 35.5. The number of halogens is 1. The van der Waals surface area contributed by atoms with Gasteiger partial charge in [-0.1, -0.05) is 17.7 Å². The van der Waals surface area contributed by atoms with Gasteiger partial charge in [0.15, 0.2) is 0 Å². The molecule has 0 saturated heterocycles. The molecule has 1 rings (SSSR count). The number of carbonyl (C=O) groups is 1. The minimum absolute atomic E-state index is 0.0131. The van der Waals surface area contributed by atoms with Gasteiger partial charge in [0.1, 0.15) is 0 Å². The maximum atomic E-state index is 12.1. The molecule has 0 unspecified atom stereocenters. The van der Waals surface area contributed by atoms with E-state index in [1.54, 1.807) is 24.1 Å². The van der Waals surface area contributed by atoms with E-state index in [0.717, 1.165) is 24.8 Å².